The second kappa shape index (κ2) is 6.20. The van der Waals surface area contributed by atoms with Gasteiger partial charge in [0.15, 0.2) is 0 Å². The third-order valence-electron chi connectivity index (χ3n) is 4.01. The highest BCUT2D eigenvalue weighted by molar-refractivity contribution is 5.99. The van der Waals surface area contributed by atoms with Crippen LogP contribution in [-0.4, -0.2) is 21.6 Å². The molecule has 3 rings (SSSR count). The molecule has 122 valence electrons. The minimum Gasteiger partial charge on any atom is -0.481 e. The van der Waals surface area contributed by atoms with Gasteiger partial charge in [-0.2, -0.15) is 0 Å². The first-order valence-corrected chi connectivity index (χ1v) is 7.69. The van der Waals surface area contributed by atoms with Crippen LogP contribution in [-0.2, 0) is 11.2 Å². The number of benzene rings is 2. The Hall–Kier alpha value is -3.08. The van der Waals surface area contributed by atoms with Crippen LogP contribution in [0.4, 0.5) is 0 Å². The number of fused-ring (bicyclic) bond motifs is 1. The number of carboxylic acid groups (broad SMARTS) is 1. The molecule has 3 N–H and O–H groups in total. The van der Waals surface area contributed by atoms with Gasteiger partial charge in [0.25, 0.3) is 5.91 Å². The van der Waals surface area contributed by atoms with Gasteiger partial charge in [-0.1, -0.05) is 24.3 Å². The summed E-state index contributed by atoms with van der Waals surface area (Å²) in [6, 6.07) is 15.3. The van der Waals surface area contributed by atoms with Crippen molar-refractivity contribution < 1.29 is 14.7 Å². The zero-order chi connectivity index (χ0) is 17.3. The van der Waals surface area contributed by atoms with E-state index in [-0.39, 0.29) is 6.42 Å². The lowest BCUT2D eigenvalue weighted by molar-refractivity contribution is -0.136. The fourth-order valence-electron chi connectivity index (χ4n) is 2.87. The maximum absolute atomic E-state index is 11.9. The largest absolute Gasteiger partial charge is 0.481 e. The smallest absolute Gasteiger partial charge is 0.303 e. The standard InChI is InChI=1S/C19H18N2O3/c1-12-5-7-14-11-17(19(20)24)21(16(14)9-12)15-4-2-3-13(10-15)6-8-18(22)23/h2-5,7,9-11H,6,8H2,1H3,(H2,20,24)(H,22,23). The number of carbonyl (C=O) groups excluding carboxylic acids is 1. The Kier molecular flexibility index (Phi) is 4.08. The van der Waals surface area contributed by atoms with Crippen LogP contribution in [0, 0.1) is 6.92 Å². The summed E-state index contributed by atoms with van der Waals surface area (Å²) in [5, 5.41) is 9.79. The molecule has 0 aliphatic carbocycles. The van der Waals surface area contributed by atoms with E-state index in [2.05, 4.69) is 0 Å². The Morgan fingerprint density at radius 1 is 1.12 bits per heavy atom. The number of amides is 1. The number of aryl methyl sites for hydroxylation is 2. The Balaban J connectivity index is 2.16. The average molecular weight is 322 g/mol. The van der Waals surface area contributed by atoms with Crippen LogP contribution >= 0.6 is 0 Å². The molecule has 0 unspecified atom stereocenters. The lowest BCUT2D eigenvalue weighted by Gasteiger charge is -2.11. The Labute approximate surface area is 139 Å². The van der Waals surface area contributed by atoms with Crippen molar-refractivity contribution in [1.82, 2.24) is 4.57 Å². The molecule has 1 aromatic heterocycles. The number of hydrogen-bond donors (Lipinski definition) is 2. The first kappa shape index (κ1) is 15.8. The molecule has 0 fully saturated rings. The number of primary amides is 1. The normalized spacial score (nSPS) is 10.9. The van der Waals surface area contributed by atoms with E-state index in [9.17, 15) is 9.59 Å². The van der Waals surface area contributed by atoms with E-state index in [4.69, 9.17) is 10.8 Å². The van der Waals surface area contributed by atoms with Gasteiger partial charge in [-0.25, -0.2) is 0 Å². The van der Waals surface area contributed by atoms with E-state index in [1.54, 1.807) is 6.07 Å². The summed E-state index contributed by atoms with van der Waals surface area (Å²) in [6.07, 6.45) is 0.505. The number of hydrogen-bond acceptors (Lipinski definition) is 2. The van der Waals surface area contributed by atoms with Gasteiger partial charge in [-0.15, -0.1) is 0 Å². The fourth-order valence-corrected chi connectivity index (χ4v) is 2.87. The predicted octanol–water partition coefficient (Wildman–Crippen LogP) is 3.06. The van der Waals surface area contributed by atoms with Crippen molar-refractivity contribution in [2.24, 2.45) is 5.73 Å². The second-order valence-electron chi connectivity index (χ2n) is 5.86. The van der Waals surface area contributed by atoms with Crippen LogP contribution in [0.1, 0.15) is 28.0 Å². The van der Waals surface area contributed by atoms with Gasteiger partial charge >= 0.3 is 5.97 Å². The zero-order valence-electron chi connectivity index (χ0n) is 13.3. The highest BCUT2D eigenvalue weighted by Gasteiger charge is 2.15. The van der Waals surface area contributed by atoms with Crippen molar-refractivity contribution in [1.29, 1.82) is 0 Å². The van der Waals surface area contributed by atoms with Gasteiger partial charge in [0, 0.05) is 17.5 Å². The molecule has 0 radical (unpaired) electrons. The minimum absolute atomic E-state index is 0.0671. The van der Waals surface area contributed by atoms with E-state index in [0.717, 1.165) is 27.7 Å². The number of nitrogens with zero attached hydrogens (tertiary/aromatic N) is 1. The first-order chi connectivity index (χ1) is 11.5. The topological polar surface area (TPSA) is 85.3 Å². The first-order valence-electron chi connectivity index (χ1n) is 7.69. The van der Waals surface area contributed by atoms with Gasteiger partial charge in [-0.05, 0) is 48.7 Å². The average Bonchev–Trinajstić information content (AvgIpc) is 2.92. The molecule has 3 aromatic rings. The molecule has 0 saturated carbocycles. The highest BCUT2D eigenvalue weighted by atomic mass is 16.4. The molecular weight excluding hydrogens is 304 g/mol. The summed E-state index contributed by atoms with van der Waals surface area (Å²) in [5.41, 5.74) is 9.65. The molecule has 5 nitrogen and oxygen atoms in total. The van der Waals surface area contributed by atoms with E-state index >= 15 is 0 Å². The second-order valence-corrected chi connectivity index (χ2v) is 5.86. The Morgan fingerprint density at radius 3 is 2.62 bits per heavy atom. The lowest BCUT2D eigenvalue weighted by Crippen LogP contribution is -2.16. The van der Waals surface area contributed by atoms with Crippen molar-refractivity contribution in [3.8, 4) is 5.69 Å². The van der Waals surface area contributed by atoms with Crippen LogP contribution in [0.2, 0.25) is 0 Å². The lowest BCUT2D eigenvalue weighted by atomic mass is 10.1. The SMILES string of the molecule is Cc1ccc2cc(C(N)=O)n(-c3cccc(CCC(=O)O)c3)c2c1. The molecule has 1 amide bonds. The molecular formula is C19H18N2O3. The van der Waals surface area contributed by atoms with Crippen molar-refractivity contribution in [3.05, 3.63) is 65.4 Å². The summed E-state index contributed by atoms with van der Waals surface area (Å²) in [4.78, 5) is 22.6. The van der Waals surface area contributed by atoms with E-state index in [1.807, 2.05) is 54.0 Å². The van der Waals surface area contributed by atoms with Crippen molar-refractivity contribution in [3.63, 3.8) is 0 Å². The molecule has 1 heterocycles. The maximum atomic E-state index is 11.9. The molecule has 0 atom stereocenters. The highest BCUT2D eigenvalue weighted by Crippen LogP contribution is 2.26. The molecule has 2 aromatic carbocycles. The maximum Gasteiger partial charge on any atom is 0.303 e. The van der Waals surface area contributed by atoms with Crippen LogP contribution in [0.5, 0.6) is 0 Å². The van der Waals surface area contributed by atoms with Crippen molar-refractivity contribution in [2.45, 2.75) is 19.8 Å². The molecule has 0 aliphatic rings. The quantitative estimate of drug-likeness (QED) is 0.757. The van der Waals surface area contributed by atoms with Gasteiger partial charge in [-0.3, -0.25) is 9.59 Å². The third kappa shape index (κ3) is 3.01. The van der Waals surface area contributed by atoms with Crippen LogP contribution < -0.4 is 5.73 Å². The monoisotopic (exact) mass is 322 g/mol. The zero-order valence-corrected chi connectivity index (χ0v) is 13.3. The van der Waals surface area contributed by atoms with Crippen LogP contribution in [0.3, 0.4) is 0 Å². The summed E-state index contributed by atoms with van der Waals surface area (Å²) in [7, 11) is 0. The van der Waals surface area contributed by atoms with Gasteiger partial charge in [0.05, 0.1) is 5.52 Å². The predicted molar refractivity (Wildman–Crippen MR) is 92.5 cm³/mol. The van der Waals surface area contributed by atoms with Gasteiger partial charge in [0.1, 0.15) is 5.69 Å². The summed E-state index contributed by atoms with van der Waals surface area (Å²) in [6.45, 7) is 1.99. The van der Waals surface area contributed by atoms with Crippen LogP contribution in [0.25, 0.3) is 16.6 Å². The Bertz CT molecular complexity index is 941. The summed E-state index contributed by atoms with van der Waals surface area (Å²) in [5.74, 6) is -1.33. The van der Waals surface area contributed by atoms with Crippen molar-refractivity contribution in [2.75, 3.05) is 0 Å². The molecule has 0 saturated heterocycles. The summed E-state index contributed by atoms with van der Waals surface area (Å²) < 4.78 is 1.83. The minimum atomic E-state index is -0.833. The fraction of sp³-hybridized carbons (Fsp3) is 0.158. The van der Waals surface area contributed by atoms with Crippen LogP contribution in [0.15, 0.2) is 48.5 Å². The molecule has 0 bridgehead atoms. The number of aliphatic carboxylic acids is 1. The molecule has 5 heteroatoms. The Morgan fingerprint density at radius 2 is 1.92 bits per heavy atom. The van der Waals surface area contributed by atoms with E-state index < -0.39 is 11.9 Å². The van der Waals surface area contributed by atoms with Crippen molar-refractivity contribution >= 4 is 22.8 Å². The molecule has 0 aliphatic heterocycles. The number of aromatic nitrogens is 1. The molecule has 0 spiro atoms. The number of carboxylic acids is 1. The number of rotatable bonds is 5. The van der Waals surface area contributed by atoms with E-state index in [1.165, 1.54) is 0 Å². The van der Waals surface area contributed by atoms with Gasteiger partial charge < -0.3 is 15.4 Å². The number of nitrogens with two attached hydrogens (primary N) is 1. The van der Waals surface area contributed by atoms with Gasteiger partial charge in [0.2, 0.25) is 0 Å². The number of carbonyl (C=O) groups is 2. The molecule has 24 heavy (non-hydrogen) atoms. The van der Waals surface area contributed by atoms with E-state index in [0.29, 0.717) is 12.1 Å². The third-order valence-corrected chi connectivity index (χ3v) is 4.01. The summed E-state index contributed by atoms with van der Waals surface area (Å²) >= 11 is 0.